The molecule has 0 aliphatic carbocycles. The number of ether oxygens (including phenoxy) is 1. The molecule has 3 nitrogen and oxygen atoms in total. The molecule has 4 heteroatoms. The Kier molecular flexibility index (Phi) is 4.35. The first-order valence-electron chi connectivity index (χ1n) is 5.07. The van der Waals surface area contributed by atoms with Crippen LogP contribution in [-0.4, -0.2) is 17.2 Å². The van der Waals surface area contributed by atoms with E-state index in [2.05, 4.69) is 15.9 Å². The van der Waals surface area contributed by atoms with Crippen molar-refractivity contribution in [2.75, 3.05) is 0 Å². The largest absolute Gasteiger partial charge is 0.478 e. The molecule has 0 fully saturated rings. The van der Waals surface area contributed by atoms with Crippen molar-refractivity contribution in [3.8, 4) is 5.75 Å². The lowest BCUT2D eigenvalue weighted by atomic mass is 10.1. The lowest BCUT2D eigenvalue weighted by molar-refractivity contribution is -0.147. The molecule has 0 radical (unpaired) electrons. The van der Waals surface area contributed by atoms with Gasteiger partial charge in [0.1, 0.15) is 5.75 Å². The Hall–Kier alpha value is -1.03. The topological polar surface area (TPSA) is 46.5 Å². The lowest BCUT2D eigenvalue weighted by Crippen LogP contribution is -2.32. The van der Waals surface area contributed by atoms with Crippen molar-refractivity contribution in [3.05, 3.63) is 28.2 Å². The van der Waals surface area contributed by atoms with Gasteiger partial charge in [-0.15, -0.1) is 0 Å². The van der Waals surface area contributed by atoms with Crippen LogP contribution in [0.15, 0.2) is 22.7 Å². The molecule has 1 unspecified atom stereocenters. The maximum Gasteiger partial charge on any atom is 0.345 e. The second-order valence-electron chi connectivity index (χ2n) is 4.03. The van der Waals surface area contributed by atoms with E-state index in [9.17, 15) is 4.79 Å². The monoisotopic (exact) mass is 286 g/mol. The highest BCUT2D eigenvalue weighted by Gasteiger charge is 2.23. The van der Waals surface area contributed by atoms with E-state index in [1.54, 1.807) is 6.07 Å². The number of hydrogen-bond donors (Lipinski definition) is 1. The van der Waals surface area contributed by atoms with Gasteiger partial charge in [0.2, 0.25) is 0 Å². The first-order chi connectivity index (χ1) is 7.41. The van der Waals surface area contributed by atoms with Gasteiger partial charge in [-0.2, -0.15) is 0 Å². The summed E-state index contributed by atoms with van der Waals surface area (Å²) < 4.78 is 6.44. The van der Waals surface area contributed by atoms with Crippen molar-refractivity contribution >= 4 is 21.9 Å². The fourth-order valence-corrected chi connectivity index (χ4v) is 1.56. The second kappa shape index (κ2) is 5.34. The highest BCUT2D eigenvalue weighted by molar-refractivity contribution is 9.10. The zero-order valence-corrected chi connectivity index (χ0v) is 11.1. The SMILES string of the molecule is Cc1cc(OC(C(=O)O)C(C)C)ccc1Br. The maximum absolute atomic E-state index is 11.0. The normalized spacial score (nSPS) is 12.6. The average Bonchev–Trinajstić information content (AvgIpc) is 2.18. The van der Waals surface area contributed by atoms with Gasteiger partial charge in [-0.1, -0.05) is 29.8 Å². The molecule has 1 aromatic rings. The standard InChI is InChI=1S/C12H15BrO3/c1-7(2)11(12(14)15)16-9-4-5-10(13)8(3)6-9/h4-7,11H,1-3H3,(H,14,15). The molecule has 1 aromatic carbocycles. The number of aryl methyl sites for hydroxylation is 1. The molecule has 0 aromatic heterocycles. The lowest BCUT2D eigenvalue weighted by Gasteiger charge is -2.18. The number of carboxylic acid groups (broad SMARTS) is 1. The highest BCUT2D eigenvalue weighted by atomic mass is 79.9. The second-order valence-corrected chi connectivity index (χ2v) is 4.89. The minimum absolute atomic E-state index is 0.0681. The molecule has 0 bridgehead atoms. The van der Waals surface area contributed by atoms with E-state index in [0.29, 0.717) is 5.75 Å². The van der Waals surface area contributed by atoms with Gasteiger partial charge < -0.3 is 9.84 Å². The third-order valence-corrected chi connectivity index (χ3v) is 3.13. The third-order valence-electron chi connectivity index (χ3n) is 2.24. The van der Waals surface area contributed by atoms with Crippen LogP contribution in [0.1, 0.15) is 19.4 Å². The molecular weight excluding hydrogens is 272 g/mol. The molecule has 0 aliphatic rings. The summed E-state index contributed by atoms with van der Waals surface area (Å²) in [6, 6.07) is 5.43. The van der Waals surface area contributed by atoms with Crippen LogP contribution in [-0.2, 0) is 4.79 Å². The third kappa shape index (κ3) is 3.23. The van der Waals surface area contributed by atoms with Gasteiger partial charge in [0, 0.05) is 10.4 Å². The minimum atomic E-state index is -0.935. The molecular formula is C12H15BrO3. The van der Waals surface area contributed by atoms with Crippen LogP contribution in [0.3, 0.4) is 0 Å². The van der Waals surface area contributed by atoms with E-state index in [-0.39, 0.29) is 5.92 Å². The van der Waals surface area contributed by atoms with Crippen molar-refractivity contribution in [2.24, 2.45) is 5.92 Å². The molecule has 0 aliphatic heterocycles. The molecule has 0 spiro atoms. The van der Waals surface area contributed by atoms with E-state index in [0.717, 1.165) is 10.0 Å². The van der Waals surface area contributed by atoms with Crippen molar-refractivity contribution in [1.82, 2.24) is 0 Å². The summed E-state index contributed by atoms with van der Waals surface area (Å²) in [5.74, 6) is -0.418. The fraction of sp³-hybridized carbons (Fsp3) is 0.417. The van der Waals surface area contributed by atoms with Crippen LogP contribution < -0.4 is 4.74 Å². The van der Waals surface area contributed by atoms with Gasteiger partial charge >= 0.3 is 5.97 Å². The molecule has 88 valence electrons. The molecule has 1 N–H and O–H groups in total. The Balaban J connectivity index is 2.86. The first-order valence-corrected chi connectivity index (χ1v) is 5.86. The van der Waals surface area contributed by atoms with Gasteiger partial charge in [0.05, 0.1) is 0 Å². The Labute approximate surface area is 104 Å². The van der Waals surface area contributed by atoms with E-state index in [1.165, 1.54) is 0 Å². The smallest absolute Gasteiger partial charge is 0.345 e. The molecule has 1 rings (SSSR count). The van der Waals surface area contributed by atoms with E-state index < -0.39 is 12.1 Å². The summed E-state index contributed by atoms with van der Waals surface area (Å²) in [7, 11) is 0. The maximum atomic E-state index is 11.0. The Morgan fingerprint density at radius 1 is 1.44 bits per heavy atom. The van der Waals surface area contributed by atoms with Gasteiger partial charge in [0.25, 0.3) is 0 Å². The zero-order chi connectivity index (χ0) is 12.3. The van der Waals surface area contributed by atoms with Crippen LogP contribution in [0.25, 0.3) is 0 Å². The summed E-state index contributed by atoms with van der Waals surface area (Å²) in [5, 5.41) is 8.99. The summed E-state index contributed by atoms with van der Waals surface area (Å²) >= 11 is 3.38. The first kappa shape index (κ1) is 13.0. The van der Waals surface area contributed by atoms with Crippen LogP contribution in [0, 0.1) is 12.8 Å². The molecule has 0 amide bonds. The molecule has 0 saturated heterocycles. The summed E-state index contributed by atoms with van der Waals surface area (Å²) in [6.07, 6.45) is -0.805. The molecule has 16 heavy (non-hydrogen) atoms. The summed E-state index contributed by atoms with van der Waals surface area (Å²) in [4.78, 5) is 11.0. The van der Waals surface area contributed by atoms with Crippen LogP contribution >= 0.6 is 15.9 Å². The van der Waals surface area contributed by atoms with E-state index >= 15 is 0 Å². The Morgan fingerprint density at radius 3 is 2.50 bits per heavy atom. The van der Waals surface area contributed by atoms with Gasteiger partial charge in [0.15, 0.2) is 6.10 Å². The molecule has 0 heterocycles. The highest BCUT2D eigenvalue weighted by Crippen LogP contribution is 2.23. The zero-order valence-electron chi connectivity index (χ0n) is 9.53. The number of halogens is 1. The quantitative estimate of drug-likeness (QED) is 0.924. The fourth-order valence-electron chi connectivity index (χ4n) is 1.31. The van der Waals surface area contributed by atoms with Crippen molar-refractivity contribution < 1.29 is 14.6 Å². The predicted molar refractivity (Wildman–Crippen MR) is 65.8 cm³/mol. The Bertz CT molecular complexity index is 388. The van der Waals surface area contributed by atoms with Gasteiger partial charge in [-0.05, 0) is 30.7 Å². The number of carboxylic acids is 1. The van der Waals surface area contributed by atoms with Crippen molar-refractivity contribution in [3.63, 3.8) is 0 Å². The van der Waals surface area contributed by atoms with E-state index in [4.69, 9.17) is 9.84 Å². The van der Waals surface area contributed by atoms with Crippen molar-refractivity contribution in [2.45, 2.75) is 26.9 Å². The van der Waals surface area contributed by atoms with Crippen LogP contribution in [0.5, 0.6) is 5.75 Å². The molecule has 0 saturated carbocycles. The Morgan fingerprint density at radius 2 is 2.06 bits per heavy atom. The van der Waals surface area contributed by atoms with Gasteiger partial charge in [-0.25, -0.2) is 4.79 Å². The van der Waals surface area contributed by atoms with Crippen LogP contribution in [0.2, 0.25) is 0 Å². The number of rotatable bonds is 4. The van der Waals surface area contributed by atoms with Gasteiger partial charge in [-0.3, -0.25) is 0 Å². The number of benzene rings is 1. The summed E-state index contributed by atoms with van der Waals surface area (Å²) in [5.41, 5.74) is 1.02. The number of carbonyl (C=O) groups is 1. The van der Waals surface area contributed by atoms with Crippen LogP contribution in [0.4, 0.5) is 0 Å². The number of aliphatic carboxylic acids is 1. The van der Waals surface area contributed by atoms with E-state index in [1.807, 2.05) is 32.9 Å². The van der Waals surface area contributed by atoms with Crippen molar-refractivity contribution in [1.29, 1.82) is 0 Å². The predicted octanol–water partition coefficient (Wildman–Crippen LogP) is 3.25. The molecule has 1 atom stereocenters. The average molecular weight is 287 g/mol. The summed E-state index contributed by atoms with van der Waals surface area (Å²) in [6.45, 7) is 5.58. The minimum Gasteiger partial charge on any atom is -0.478 e. The number of hydrogen-bond acceptors (Lipinski definition) is 2.